The zero-order chi connectivity index (χ0) is 23.3. The molecule has 6 heteroatoms. The summed E-state index contributed by atoms with van der Waals surface area (Å²) in [6, 6.07) is 27.5. The van der Waals surface area contributed by atoms with Crippen LogP contribution in [0.4, 0.5) is 10.5 Å². The normalized spacial score (nSPS) is 17.4. The molecule has 0 aliphatic carbocycles. The number of ether oxygens (including phenoxy) is 1. The number of urea groups is 1. The van der Waals surface area contributed by atoms with E-state index in [4.69, 9.17) is 4.74 Å². The van der Waals surface area contributed by atoms with Crippen LogP contribution in [0.15, 0.2) is 84.9 Å². The number of carbonyl (C=O) groups excluding carboxylic acids is 2. The first-order valence-electron chi connectivity index (χ1n) is 11.8. The molecule has 0 spiro atoms. The van der Waals surface area contributed by atoms with Crippen LogP contribution in [0.2, 0.25) is 0 Å². The highest BCUT2D eigenvalue weighted by Crippen LogP contribution is 2.27. The number of para-hydroxylation sites is 1. The highest BCUT2D eigenvalue weighted by molar-refractivity contribution is 6.19. The van der Waals surface area contributed by atoms with Crippen molar-refractivity contribution in [3.05, 3.63) is 96.1 Å². The maximum Gasteiger partial charge on any atom is 0.332 e. The molecule has 0 atom stereocenters. The van der Waals surface area contributed by atoms with Crippen LogP contribution in [0, 0.1) is 0 Å². The first-order valence-corrected chi connectivity index (χ1v) is 11.8. The second-order valence-corrected chi connectivity index (χ2v) is 8.90. The van der Waals surface area contributed by atoms with E-state index in [2.05, 4.69) is 29.2 Å². The number of carbonyl (C=O) groups is 2. The zero-order valence-corrected chi connectivity index (χ0v) is 19.2. The molecule has 0 saturated carbocycles. The predicted molar refractivity (Wildman–Crippen MR) is 132 cm³/mol. The molecule has 2 saturated heterocycles. The summed E-state index contributed by atoms with van der Waals surface area (Å²) >= 11 is 0. The van der Waals surface area contributed by atoms with Gasteiger partial charge >= 0.3 is 6.03 Å². The molecule has 0 unspecified atom stereocenters. The number of likely N-dealkylation sites (tertiary alicyclic amines) is 1. The fourth-order valence-corrected chi connectivity index (χ4v) is 4.72. The number of imide groups is 1. The van der Waals surface area contributed by atoms with Gasteiger partial charge < -0.3 is 9.64 Å². The number of benzene rings is 3. The Bertz CT molecular complexity index is 1110. The van der Waals surface area contributed by atoms with E-state index in [9.17, 15) is 9.59 Å². The van der Waals surface area contributed by atoms with Crippen molar-refractivity contribution in [1.29, 1.82) is 0 Å². The molecule has 0 N–H and O–H groups in total. The fourth-order valence-electron chi connectivity index (χ4n) is 4.72. The first-order chi connectivity index (χ1) is 16.7. The number of anilines is 1. The SMILES string of the molecule is O=C1CN(C2CCN(Cc3ccc(OCc4ccccc4)cc3)CC2)C(=O)N1c1ccccc1. The van der Waals surface area contributed by atoms with Crippen molar-refractivity contribution in [2.75, 3.05) is 24.5 Å². The second kappa shape index (κ2) is 10.1. The van der Waals surface area contributed by atoms with E-state index in [-0.39, 0.29) is 24.5 Å². The molecule has 5 rings (SSSR count). The van der Waals surface area contributed by atoms with Gasteiger partial charge in [0.15, 0.2) is 0 Å². The Morgan fingerprint density at radius 1 is 0.765 bits per heavy atom. The van der Waals surface area contributed by atoms with E-state index in [1.807, 2.05) is 48.5 Å². The van der Waals surface area contributed by atoms with Gasteiger partial charge in [-0.1, -0.05) is 60.7 Å². The smallest absolute Gasteiger partial charge is 0.332 e. The molecule has 0 bridgehead atoms. The largest absolute Gasteiger partial charge is 0.489 e. The summed E-state index contributed by atoms with van der Waals surface area (Å²) in [4.78, 5) is 31.0. The molecule has 6 nitrogen and oxygen atoms in total. The molecule has 3 aromatic carbocycles. The average molecular weight is 456 g/mol. The topological polar surface area (TPSA) is 53.1 Å². The zero-order valence-electron chi connectivity index (χ0n) is 19.2. The van der Waals surface area contributed by atoms with Gasteiger partial charge in [0.25, 0.3) is 5.91 Å². The van der Waals surface area contributed by atoms with Gasteiger partial charge in [0.05, 0.1) is 5.69 Å². The standard InChI is InChI=1S/C28H29N3O3/c32-27-20-30(28(33)31(27)25-9-5-2-6-10-25)24-15-17-29(18-16-24)19-22-11-13-26(14-12-22)34-21-23-7-3-1-4-8-23/h1-14,24H,15-21H2. The molecule has 0 radical (unpaired) electrons. The van der Waals surface area contributed by atoms with Gasteiger partial charge in [-0.25, -0.2) is 9.69 Å². The summed E-state index contributed by atoms with van der Waals surface area (Å²) in [7, 11) is 0. The van der Waals surface area contributed by atoms with Gasteiger partial charge in [-0.05, 0) is 48.2 Å². The maximum absolute atomic E-state index is 13.0. The van der Waals surface area contributed by atoms with Crippen LogP contribution in [0.5, 0.6) is 5.75 Å². The van der Waals surface area contributed by atoms with E-state index in [1.165, 1.54) is 10.5 Å². The highest BCUT2D eigenvalue weighted by atomic mass is 16.5. The van der Waals surface area contributed by atoms with Crippen LogP contribution in [-0.2, 0) is 17.9 Å². The fraction of sp³-hybridized carbons (Fsp3) is 0.286. The number of piperidine rings is 1. The Hall–Kier alpha value is -3.64. The summed E-state index contributed by atoms with van der Waals surface area (Å²) < 4.78 is 5.88. The van der Waals surface area contributed by atoms with Gasteiger partial charge in [0.2, 0.25) is 0 Å². The minimum absolute atomic E-state index is 0.107. The Kier molecular flexibility index (Phi) is 6.58. The lowest BCUT2D eigenvalue weighted by Crippen LogP contribution is -2.46. The van der Waals surface area contributed by atoms with Crippen molar-refractivity contribution in [2.45, 2.75) is 32.0 Å². The molecule has 2 aliphatic heterocycles. The van der Waals surface area contributed by atoms with Crippen molar-refractivity contribution in [3.8, 4) is 5.75 Å². The van der Waals surface area contributed by atoms with E-state index in [0.29, 0.717) is 12.3 Å². The Labute approximate surface area is 200 Å². The Morgan fingerprint density at radius 3 is 2.09 bits per heavy atom. The highest BCUT2D eigenvalue weighted by Gasteiger charge is 2.41. The third-order valence-electron chi connectivity index (χ3n) is 6.58. The molecule has 2 fully saturated rings. The third-order valence-corrected chi connectivity index (χ3v) is 6.58. The second-order valence-electron chi connectivity index (χ2n) is 8.90. The lowest BCUT2D eigenvalue weighted by Gasteiger charge is -2.36. The summed E-state index contributed by atoms with van der Waals surface area (Å²) in [5, 5.41) is 0. The van der Waals surface area contributed by atoms with Crippen molar-refractivity contribution in [2.24, 2.45) is 0 Å². The van der Waals surface area contributed by atoms with Gasteiger partial charge in [-0.2, -0.15) is 0 Å². The molecular weight excluding hydrogens is 426 g/mol. The third kappa shape index (κ3) is 4.97. The number of rotatable bonds is 7. The van der Waals surface area contributed by atoms with E-state index >= 15 is 0 Å². The van der Waals surface area contributed by atoms with Crippen LogP contribution in [-0.4, -0.2) is 47.4 Å². The molecule has 0 aromatic heterocycles. The maximum atomic E-state index is 13.0. The van der Waals surface area contributed by atoms with Crippen LogP contribution in [0.3, 0.4) is 0 Å². The molecule has 2 heterocycles. The number of amides is 3. The van der Waals surface area contributed by atoms with Crippen molar-refractivity contribution >= 4 is 17.6 Å². The van der Waals surface area contributed by atoms with Crippen molar-refractivity contribution in [3.63, 3.8) is 0 Å². The monoisotopic (exact) mass is 455 g/mol. The van der Waals surface area contributed by atoms with Crippen molar-refractivity contribution < 1.29 is 14.3 Å². The van der Waals surface area contributed by atoms with E-state index in [0.717, 1.165) is 43.8 Å². The minimum Gasteiger partial charge on any atom is -0.489 e. The summed E-state index contributed by atoms with van der Waals surface area (Å²) in [6.07, 6.45) is 1.75. The van der Waals surface area contributed by atoms with Gasteiger partial charge in [0, 0.05) is 25.7 Å². The summed E-state index contributed by atoms with van der Waals surface area (Å²) in [5.74, 6) is 0.722. The Morgan fingerprint density at radius 2 is 1.41 bits per heavy atom. The first kappa shape index (κ1) is 22.2. The van der Waals surface area contributed by atoms with Crippen LogP contribution in [0.25, 0.3) is 0 Å². The number of hydrogen-bond acceptors (Lipinski definition) is 4. The number of hydrogen-bond donors (Lipinski definition) is 0. The lowest BCUT2D eigenvalue weighted by molar-refractivity contribution is -0.116. The van der Waals surface area contributed by atoms with Crippen LogP contribution < -0.4 is 9.64 Å². The summed E-state index contributed by atoms with van der Waals surface area (Å²) in [6.45, 7) is 3.41. The average Bonchev–Trinajstić information content (AvgIpc) is 3.19. The van der Waals surface area contributed by atoms with Crippen LogP contribution in [0.1, 0.15) is 24.0 Å². The molecular formula is C28H29N3O3. The minimum atomic E-state index is -0.194. The molecule has 3 amide bonds. The number of nitrogens with zero attached hydrogens (tertiary/aromatic N) is 3. The van der Waals surface area contributed by atoms with Crippen molar-refractivity contribution in [1.82, 2.24) is 9.80 Å². The van der Waals surface area contributed by atoms with Gasteiger partial charge in [-0.15, -0.1) is 0 Å². The Balaban J connectivity index is 1.11. The van der Waals surface area contributed by atoms with Crippen LogP contribution >= 0.6 is 0 Å². The predicted octanol–water partition coefficient (Wildman–Crippen LogP) is 4.70. The quantitative estimate of drug-likeness (QED) is 0.485. The molecule has 34 heavy (non-hydrogen) atoms. The lowest BCUT2D eigenvalue weighted by atomic mass is 10.0. The van der Waals surface area contributed by atoms with E-state index in [1.54, 1.807) is 17.0 Å². The van der Waals surface area contributed by atoms with Gasteiger partial charge in [0.1, 0.15) is 18.9 Å². The molecule has 2 aliphatic rings. The van der Waals surface area contributed by atoms with Gasteiger partial charge in [-0.3, -0.25) is 9.69 Å². The molecule has 174 valence electrons. The molecule has 3 aromatic rings. The van der Waals surface area contributed by atoms with E-state index < -0.39 is 0 Å². The summed E-state index contributed by atoms with van der Waals surface area (Å²) in [5.41, 5.74) is 3.04.